The van der Waals surface area contributed by atoms with Gasteiger partial charge in [0.2, 0.25) is 0 Å². The van der Waals surface area contributed by atoms with Crippen molar-refractivity contribution in [1.29, 1.82) is 0 Å². The number of aryl methyl sites for hydroxylation is 2. The van der Waals surface area contributed by atoms with Crippen LogP contribution in [-0.2, 0) is 0 Å². The van der Waals surface area contributed by atoms with E-state index in [2.05, 4.69) is 21.2 Å². The molecule has 3 rings (SSSR count). The van der Waals surface area contributed by atoms with Crippen molar-refractivity contribution >= 4 is 38.5 Å². The topological polar surface area (TPSA) is 42.2 Å². The number of carbonyl (C=O) groups excluding carboxylic acids is 1. The molecule has 3 nitrogen and oxygen atoms in total. The van der Waals surface area contributed by atoms with Crippen LogP contribution in [0.3, 0.4) is 0 Å². The minimum Gasteiger partial charge on any atom is -0.451 e. The van der Waals surface area contributed by atoms with Gasteiger partial charge >= 0.3 is 0 Å². The first-order chi connectivity index (χ1) is 10.0. The molecule has 0 atom stereocenters. The van der Waals surface area contributed by atoms with E-state index in [1.807, 2.05) is 56.3 Å². The lowest BCUT2D eigenvalue weighted by Gasteiger charge is -2.04. The van der Waals surface area contributed by atoms with Gasteiger partial charge in [-0.05, 0) is 44.2 Å². The lowest BCUT2D eigenvalue weighted by molar-refractivity contribution is 0.0998. The summed E-state index contributed by atoms with van der Waals surface area (Å²) in [5.74, 6) is 0.118. The van der Waals surface area contributed by atoms with E-state index in [4.69, 9.17) is 4.42 Å². The van der Waals surface area contributed by atoms with Gasteiger partial charge in [0.25, 0.3) is 5.91 Å². The standard InChI is InChI=1S/C17H14BrNO2/c1-10-3-6-13(7-4-10)19-17(20)16-11(2)14-9-12(18)5-8-15(14)21-16/h3-9H,1-2H3,(H,19,20). The van der Waals surface area contributed by atoms with E-state index in [1.54, 1.807) is 0 Å². The molecule has 1 N–H and O–H groups in total. The number of benzene rings is 2. The van der Waals surface area contributed by atoms with Crippen LogP contribution >= 0.6 is 15.9 Å². The molecule has 2 aromatic carbocycles. The fraction of sp³-hybridized carbons (Fsp3) is 0.118. The smallest absolute Gasteiger partial charge is 0.291 e. The van der Waals surface area contributed by atoms with E-state index in [0.717, 1.165) is 26.7 Å². The molecule has 0 aliphatic carbocycles. The third-order valence-electron chi connectivity index (χ3n) is 3.41. The zero-order valence-corrected chi connectivity index (χ0v) is 13.3. The lowest BCUT2D eigenvalue weighted by atomic mass is 10.1. The van der Waals surface area contributed by atoms with Gasteiger partial charge in [-0.2, -0.15) is 0 Å². The predicted molar refractivity (Wildman–Crippen MR) is 87.8 cm³/mol. The van der Waals surface area contributed by atoms with Crippen LogP contribution in [0.25, 0.3) is 11.0 Å². The molecule has 0 spiro atoms. The number of amides is 1. The molecule has 0 aliphatic heterocycles. The zero-order valence-electron chi connectivity index (χ0n) is 11.7. The second kappa shape index (κ2) is 5.37. The van der Waals surface area contributed by atoms with Gasteiger partial charge in [0.05, 0.1) is 0 Å². The predicted octanol–water partition coefficient (Wildman–Crippen LogP) is 5.06. The van der Waals surface area contributed by atoms with Crippen molar-refractivity contribution in [2.45, 2.75) is 13.8 Å². The first-order valence-electron chi connectivity index (χ1n) is 6.61. The number of carbonyl (C=O) groups is 1. The van der Waals surface area contributed by atoms with E-state index in [0.29, 0.717) is 11.3 Å². The maximum atomic E-state index is 12.4. The number of hydrogen-bond donors (Lipinski definition) is 1. The molecule has 0 aliphatic rings. The van der Waals surface area contributed by atoms with E-state index in [9.17, 15) is 4.79 Å². The summed E-state index contributed by atoms with van der Waals surface area (Å²) >= 11 is 3.43. The molecule has 3 aromatic rings. The largest absolute Gasteiger partial charge is 0.451 e. The summed E-state index contributed by atoms with van der Waals surface area (Å²) in [6, 6.07) is 13.4. The van der Waals surface area contributed by atoms with E-state index in [1.165, 1.54) is 0 Å². The van der Waals surface area contributed by atoms with Gasteiger partial charge < -0.3 is 9.73 Å². The van der Waals surface area contributed by atoms with Gasteiger partial charge in [-0.1, -0.05) is 33.6 Å². The SMILES string of the molecule is Cc1ccc(NC(=O)c2oc3ccc(Br)cc3c2C)cc1. The summed E-state index contributed by atoms with van der Waals surface area (Å²) in [6.45, 7) is 3.90. The fourth-order valence-electron chi connectivity index (χ4n) is 2.23. The Morgan fingerprint density at radius 3 is 2.52 bits per heavy atom. The van der Waals surface area contributed by atoms with Crippen molar-refractivity contribution < 1.29 is 9.21 Å². The van der Waals surface area contributed by atoms with Crippen LogP contribution < -0.4 is 5.32 Å². The van der Waals surface area contributed by atoms with Gasteiger partial charge in [0.1, 0.15) is 5.58 Å². The minimum atomic E-state index is -0.233. The molecule has 1 aromatic heterocycles. The maximum absolute atomic E-state index is 12.4. The zero-order chi connectivity index (χ0) is 15.0. The number of anilines is 1. The highest BCUT2D eigenvalue weighted by molar-refractivity contribution is 9.10. The molecule has 0 bridgehead atoms. The van der Waals surface area contributed by atoms with Crippen molar-refractivity contribution in [3.8, 4) is 0 Å². The molecule has 1 heterocycles. The average Bonchev–Trinajstić information content (AvgIpc) is 2.79. The average molecular weight is 344 g/mol. The third kappa shape index (κ3) is 2.72. The molecule has 106 valence electrons. The van der Waals surface area contributed by atoms with Crippen molar-refractivity contribution in [2.75, 3.05) is 5.32 Å². The molecule has 1 amide bonds. The summed E-state index contributed by atoms with van der Waals surface area (Å²) in [4.78, 5) is 12.4. The van der Waals surface area contributed by atoms with Crippen molar-refractivity contribution in [1.82, 2.24) is 0 Å². The Balaban J connectivity index is 1.94. The third-order valence-corrected chi connectivity index (χ3v) is 3.91. The van der Waals surface area contributed by atoms with Gasteiger partial charge in [0.15, 0.2) is 5.76 Å². The molecular weight excluding hydrogens is 330 g/mol. The van der Waals surface area contributed by atoms with E-state index in [-0.39, 0.29) is 5.91 Å². The second-order valence-electron chi connectivity index (χ2n) is 5.02. The van der Waals surface area contributed by atoms with Gasteiger partial charge in [0, 0.05) is 21.1 Å². The highest BCUT2D eigenvalue weighted by Gasteiger charge is 2.17. The Kier molecular flexibility index (Phi) is 3.55. The quantitative estimate of drug-likeness (QED) is 0.706. The van der Waals surface area contributed by atoms with E-state index >= 15 is 0 Å². The van der Waals surface area contributed by atoms with Crippen LogP contribution in [0.5, 0.6) is 0 Å². The van der Waals surface area contributed by atoms with Crippen molar-refractivity contribution in [3.05, 3.63) is 63.8 Å². The maximum Gasteiger partial charge on any atom is 0.291 e. The van der Waals surface area contributed by atoms with Crippen LogP contribution in [0, 0.1) is 13.8 Å². The number of nitrogens with one attached hydrogen (secondary N) is 1. The molecule has 4 heteroatoms. The summed E-state index contributed by atoms with van der Waals surface area (Å²) < 4.78 is 6.64. The fourth-order valence-corrected chi connectivity index (χ4v) is 2.60. The molecule has 0 saturated carbocycles. The summed E-state index contributed by atoms with van der Waals surface area (Å²) in [5.41, 5.74) is 3.46. The monoisotopic (exact) mass is 343 g/mol. The lowest BCUT2D eigenvalue weighted by Crippen LogP contribution is -2.11. The summed E-state index contributed by atoms with van der Waals surface area (Å²) in [6.07, 6.45) is 0. The van der Waals surface area contributed by atoms with Gasteiger partial charge in [-0.15, -0.1) is 0 Å². The minimum absolute atomic E-state index is 0.233. The molecule has 0 fully saturated rings. The normalized spacial score (nSPS) is 10.8. The van der Waals surface area contributed by atoms with Crippen LogP contribution in [0.15, 0.2) is 51.4 Å². The second-order valence-corrected chi connectivity index (χ2v) is 5.93. The molecule has 21 heavy (non-hydrogen) atoms. The Hall–Kier alpha value is -2.07. The molecular formula is C17H14BrNO2. The highest BCUT2D eigenvalue weighted by Crippen LogP contribution is 2.28. The number of halogens is 1. The van der Waals surface area contributed by atoms with Crippen molar-refractivity contribution in [3.63, 3.8) is 0 Å². The van der Waals surface area contributed by atoms with Crippen LogP contribution in [0.2, 0.25) is 0 Å². The first kappa shape index (κ1) is 13.9. The number of furan rings is 1. The van der Waals surface area contributed by atoms with Gasteiger partial charge in [-0.25, -0.2) is 0 Å². The highest BCUT2D eigenvalue weighted by atomic mass is 79.9. The Bertz CT molecular complexity index is 819. The van der Waals surface area contributed by atoms with E-state index < -0.39 is 0 Å². The number of hydrogen-bond acceptors (Lipinski definition) is 2. The van der Waals surface area contributed by atoms with Crippen molar-refractivity contribution in [2.24, 2.45) is 0 Å². The molecule has 0 unspecified atom stereocenters. The van der Waals surface area contributed by atoms with Crippen LogP contribution in [-0.4, -0.2) is 5.91 Å². The number of rotatable bonds is 2. The number of fused-ring (bicyclic) bond motifs is 1. The van der Waals surface area contributed by atoms with Crippen LogP contribution in [0.1, 0.15) is 21.7 Å². The Morgan fingerprint density at radius 1 is 1.10 bits per heavy atom. The molecule has 0 radical (unpaired) electrons. The first-order valence-corrected chi connectivity index (χ1v) is 7.40. The summed E-state index contributed by atoms with van der Waals surface area (Å²) in [5, 5.41) is 3.80. The van der Waals surface area contributed by atoms with Crippen LogP contribution in [0.4, 0.5) is 5.69 Å². The Labute approximate surface area is 131 Å². The molecule has 0 saturated heterocycles. The summed E-state index contributed by atoms with van der Waals surface area (Å²) in [7, 11) is 0. The Morgan fingerprint density at radius 2 is 1.81 bits per heavy atom. The van der Waals surface area contributed by atoms with Gasteiger partial charge in [-0.3, -0.25) is 4.79 Å².